The molecule has 1 amide bonds. The number of hydrogen-bond donors (Lipinski definition) is 3. The number of anilines is 1. The van der Waals surface area contributed by atoms with Gasteiger partial charge in [-0.2, -0.15) is 0 Å². The molecule has 0 saturated heterocycles. The van der Waals surface area contributed by atoms with Gasteiger partial charge in [-0.3, -0.25) is 4.79 Å². The Morgan fingerprint density at radius 1 is 1.19 bits per heavy atom. The van der Waals surface area contributed by atoms with Gasteiger partial charge in [0.15, 0.2) is 0 Å². The van der Waals surface area contributed by atoms with Crippen LogP contribution in [0.25, 0.3) is 0 Å². The minimum Gasteiger partial charge on any atom is -0.429 e. The van der Waals surface area contributed by atoms with Gasteiger partial charge < -0.3 is 15.4 Å². The highest BCUT2D eigenvalue weighted by Gasteiger charge is 2.20. The Balaban J connectivity index is 0.000000673. The first-order valence-electron chi connectivity index (χ1n) is 4.88. The van der Waals surface area contributed by atoms with E-state index in [-0.39, 0.29) is 19.0 Å². The Bertz CT molecular complexity index is 309. The zero-order valence-electron chi connectivity index (χ0n) is 9.77. The van der Waals surface area contributed by atoms with E-state index in [2.05, 4.69) is 5.32 Å². The number of rotatable bonds is 1. The lowest BCUT2D eigenvalue weighted by atomic mass is 9.95. The van der Waals surface area contributed by atoms with Gasteiger partial charge in [0.25, 0.3) is 0 Å². The van der Waals surface area contributed by atoms with Crippen molar-refractivity contribution in [2.24, 2.45) is 5.41 Å². The first-order valence-corrected chi connectivity index (χ1v) is 4.88. The van der Waals surface area contributed by atoms with Crippen LogP contribution in [0.3, 0.4) is 0 Å². The van der Waals surface area contributed by atoms with Crippen molar-refractivity contribution in [3.8, 4) is 0 Å². The number of para-hydroxylation sites is 1. The molecule has 0 saturated carbocycles. The van der Waals surface area contributed by atoms with E-state index in [0.717, 1.165) is 5.69 Å². The molecule has 0 aromatic heterocycles. The van der Waals surface area contributed by atoms with Gasteiger partial charge in [0, 0.05) is 11.1 Å². The molecule has 0 aliphatic carbocycles. The van der Waals surface area contributed by atoms with E-state index in [0.29, 0.717) is 0 Å². The van der Waals surface area contributed by atoms with Crippen LogP contribution in [-0.2, 0) is 4.79 Å². The number of carbonyl (C=O) groups excluding carboxylic acids is 1. The van der Waals surface area contributed by atoms with Gasteiger partial charge in [-0.15, -0.1) is 0 Å². The highest BCUT2D eigenvalue weighted by molar-refractivity contribution is 6.13. The number of benzene rings is 1. The third-order valence-electron chi connectivity index (χ3n) is 1.71. The Labute approximate surface area is 96.6 Å². The fourth-order valence-corrected chi connectivity index (χ4v) is 0.840. The number of amides is 1. The maximum absolute atomic E-state index is 11.5. The minimum atomic E-state index is -0.337. The van der Waals surface area contributed by atoms with Crippen LogP contribution >= 0.6 is 0 Å². The van der Waals surface area contributed by atoms with Crippen molar-refractivity contribution in [3.63, 3.8) is 0 Å². The Kier molecular flexibility index (Phi) is 6.45. The molecular weight excluding hydrogens is 205 g/mol. The summed E-state index contributed by atoms with van der Waals surface area (Å²) in [6.45, 7) is 5.68. The summed E-state index contributed by atoms with van der Waals surface area (Å²) in [6.07, 6.45) is 0. The monoisotopic (exact) mass is 222 g/mol. The highest BCUT2D eigenvalue weighted by Crippen LogP contribution is 2.16. The van der Waals surface area contributed by atoms with E-state index in [1.165, 1.54) is 0 Å². The van der Waals surface area contributed by atoms with Gasteiger partial charge >= 0.3 is 7.69 Å². The Morgan fingerprint density at radius 2 is 1.62 bits per heavy atom. The molecule has 0 spiro atoms. The molecule has 0 aliphatic heterocycles. The first-order chi connectivity index (χ1) is 7.41. The van der Waals surface area contributed by atoms with Crippen LogP contribution in [0.4, 0.5) is 5.69 Å². The maximum Gasteiger partial charge on any atom is 0.482 e. The van der Waals surface area contributed by atoms with Crippen molar-refractivity contribution in [1.29, 1.82) is 0 Å². The molecule has 3 N–H and O–H groups in total. The molecule has 16 heavy (non-hydrogen) atoms. The second-order valence-corrected chi connectivity index (χ2v) is 4.19. The fourth-order valence-electron chi connectivity index (χ4n) is 0.840. The van der Waals surface area contributed by atoms with Crippen LogP contribution in [0.15, 0.2) is 30.3 Å². The topological polar surface area (TPSA) is 69.6 Å². The van der Waals surface area contributed by atoms with Crippen molar-refractivity contribution in [1.82, 2.24) is 0 Å². The minimum absolute atomic E-state index is 0. The molecule has 87 valence electrons. The van der Waals surface area contributed by atoms with Crippen LogP contribution in [0.5, 0.6) is 0 Å². The van der Waals surface area contributed by atoms with Gasteiger partial charge in [-0.25, -0.2) is 0 Å². The molecule has 0 fully saturated rings. The number of hydrogen-bond acceptors (Lipinski definition) is 3. The van der Waals surface area contributed by atoms with Crippen LogP contribution in [0.2, 0.25) is 0 Å². The lowest BCUT2D eigenvalue weighted by Crippen LogP contribution is -2.27. The van der Waals surface area contributed by atoms with Gasteiger partial charge in [0.05, 0.1) is 0 Å². The summed E-state index contributed by atoms with van der Waals surface area (Å²) >= 11 is 0. The molecule has 0 aliphatic rings. The highest BCUT2D eigenvalue weighted by atomic mass is 16.4. The third kappa shape index (κ3) is 6.21. The summed E-state index contributed by atoms with van der Waals surface area (Å²) in [4.78, 5) is 11.5. The Hall–Kier alpha value is -1.33. The average Bonchev–Trinajstić information content (AvgIpc) is 2.19. The molecule has 1 aromatic rings. The van der Waals surface area contributed by atoms with E-state index >= 15 is 0 Å². The van der Waals surface area contributed by atoms with Gasteiger partial charge in [0.1, 0.15) is 0 Å². The fraction of sp³-hybridized carbons (Fsp3) is 0.364. The van der Waals surface area contributed by atoms with E-state index in [1.807, 2.05) is 51.1 Å². The molecule has 0 atom stereocenters. The SMILES string of the molecule is CC(C)(C)C(=O)Nc1ccccc1.O[B]O. The maximum atomic E-state index is 11.5. The molecule has 1 radical (unpaired) electrons. The lowest BCUT2D eigenvalue weighted by molar-refractivity contribution is -0.123. The standard InChI is InChI=1S/C11H15NO.BH2O2/c1-11(2,3)10(13)12-9-7-5-4-6-8-9;2-1-3/h4-8H,1-3H3,(H,12,13);2-3H. The van der Waals surface area contributed by atoms with Crippen LogP contribution in [-0.4, -0.2) is 23.6 Å². The summed E-state index contributed by atoms with van der Waals surface area (Å²) in [5.41, 5.74) is 0.512. The predicted octanol–water partition coefficient (Wildman–Crippen LogP) is 1.18. The van der Waals surface area contributed by atoms with Gasteiger partial charge in [-0.05, 0) is 12.1 Å². The molecule has 0 bridgehead atoms. The molecular formula is C11H17BNO3. The second-order valence-electron chi connectivity index (χ2n) is 4.19. The van der Waals surface area contributed by atoms with Crippen molar-refractivity contribution >= 4 is 19.3 Å². The zero-order valence-corrected chi connectivity index (χ0v) is 9.77. The average molecular weight is 222 g/mol. The molecule has 0 unspecified atom stereocenters. The molecule has 5 heteroatoms. The van der Waals surface area contributed by atoms with Crippen molar-refractivity contribution in [2.75, 3.05) is 5.32 Å². The summed E-state index contributed by atoms with van der Waals surface area (Å²) in [7, 11) is 0. The van der Waals surface area contributed by atoms with E-state index in [9.17, 15) is 4.79 Å². The zero-order chi connectivity index (χ0) is 12.6. The third-order valence-corrected chi connectivity index (χ3v) is 1.71. The van der Waals surface area contributed by atoms with Gasteiger partial charge in [0.2, 0.25) is 5.91 Å². The van der Waals surface area contributed by atoms with E-state index < -0.39 is 0 Å². The van der Waals surface area contributed by atoms with E-state index in [1.54, 1.807) is 0 Å². The quantitative estimate of drug-likeness (QED) is 0.625. The summed E-state index contributed by atoms with van der Waals surface area (Å²) in [6, 6.07) is 9.48. The molecule has 1 aromatic carbocycles. The molecule has 4 nitrogen and oxygen atoms in total. The van der Waals surface area contributed by atoms with Crippen LogP contribution < -0.4 is 5.32 Å². The Morgan fingerprint density at radius 3 is 2.00 bits per heavy atom. The summed E-state index contributed by atoms with van der Waals surface area (Å²) in [5.74, 6) is 0.0405. The largest absolute Gasteiger partial charge is 0.482 e. The van der Waals surface area contributed by atoms with Crippen LogP contribution in [0.1, 0.15) is 20.8 Å². The lowest BCUT2D eigenvalue weighted by Gasteiger charge is -2.17. The predicted molar refractivity (Wildman–Crippen MR) is 64.7 cm³/mol. The molecule has 1 rings (SSSR count). The van der Waals surface area contributed by atoms with Crippen molar-refractivity contribution in [3.05, 3.63) is 30.3 Å². The first kappa shape index (κ1) is 14.7. The van der Waals surface area contributed by atoms with Crippen molar-refractivity contribution in [2.45, 2.75) is 20.8 Å². The summed E-state index contributed by atoms with van der Waals surface area (Å²) in [5, 5.41) is 16.8. The smallest absolute Gasteiger partial charge is 0.429 e. The molecule has 0 heterocycles. The second kappa shape index (κ2) is 7.03. The summed E-state index contributed by atoms with van der Waals surface area (Å²) < 4.78 is 0. The van der Waals surface area contributed by atoms with E-state index in [4.69, 9.17) is 10.0 Å². The van der Waals surface area contributed by atoms with Crippen LogP contribution in [0, 0.1) is 5.41 Å². The number of nitrogens with one attached hydrogen (secondary N) is 1. The normalized spacial score (nSPS) is 9.81. The van der Waals surface area contributed by atoms with Gasteiger partial charge in [-0.1, -0.05) is 39.0 Å². The van der Waals surface area contributed by atoms with Crippen molar-refractivity contribution < 1.29 is 14.8 Å². The number of carbonyl (C=O) groups is 1.